The zero-order valence-electron chi connectivity index (χ0n) is 14.9. The van der Waals surface area contributed by atoms with E-state index >= 15 is 0 Å². The Morgan fingerprint density at radius 2 is 1.39 bits per heavy atom. The van der Waals surface area contributed by atoms with E-state index in [0.29, 0.717) is 17.8 Å². The van der Waals surface area contributed by atoms with Crippen LogP contribution in [0.2, 0.25) is 0 Å². The van der Waals surface area contributed by atoms with Crippen molar-refractivity contribution >= 4 is 17.9 Å². The second-order valence-electron chi connectivity index (χ2n) is 5.33. The van der Waals surface area contributed by atoms with Crippen LogP contribution in [0, 0.1) is 0 Å². The molecule has 0 rings (SSSR count). The molecule has 6 heteroatoms. The Kier molecular flexibility index (Phi) is 14.8. The number of hydrogen-bond acceptors (Lipinski definition) is 5. The molecule has 0 radical (unpaired) electrons. The predicted molar refractivity (Wildman–Crippen MR) is 89.9 cm³/mol. The third-order valence-corrected chi connectivity index (χ3v) is 1.55. The fraction of sp³-hybridized carbons (Fsp3) is 0.471. The summed E-state index contributed by atoms with van der Waals surface area (Å²) >= 11 is 0. The van der Waals surface area contributed by atoms with Crippen molar-refractivity contribution in [3.63, 3.8) is 0 Å². The van der Waals surface area contributed by atoms with Gasteiger partial charge in [0.1, 0.15) is 5.60 Å². The number of carboxylic acids is 1. The maximum Gasteiger partial charge on any atom is 0.333 e. The lowest BCUT2D eigenvalue weighted by Crippen LogP contribution is -2.23. The second kappa shape index (κ2) is 13.3. The summed E-state index contributed by atoms with van der Waals surface area (Å²) in [4.78, 5) is 30.5. The zero-order chi connectivity index (χ0) is 19.2. The van der Waals surface area contributed by atoms with Gasteiger partial charge in [0.25, 0.3) is 0 Å². The highest BCUT2D eigenvalue weighted by Crippen LogP contribution is 2.09. The molecule has 0 heterocycles. The van der Waals surface area contributed by atoms with E-state index in [1.807, 2.05) is 20.8 Å². The predicted octanol–water partition coefficient (Wildman–Crippen LogP) is 3.29. The first-order valence-corrected chi connectivity index (χ1v) is 6.85. The quantitative estimate of drug-likeness (QED) is 0.629. The number of ether oxygens (including phenoxy) is 2. The minimum absolute atomic E-state index is 0.312. The number of carbonyl (C=O) groups excluding carboxylic acids is 2. The van der Waals surface area contributed by atoms with Crippen LogP contribution in [0.4, 0.5) is 0 Å². The SMILES string of the molecule is C=C(C)C(=O)OC(C)(C)C.C=C(C)C(=O)OCC.C=CC(=O)O. The maximum atomic E-state index is 10.8. The smallest absolute Gasteiger partial charge is 0.333 e. The molecular weight excluding hydrogens is 300 g/mol. The molecule has 0 spiro atoms. The highest BCUT2D eigenvalue weighted by molar-refractivity contribution is 5.87. The number of hydrogen-bond donors (Lipinski definition) is 1. The van der Waals surface area contributed by atoms with Crippen molar-refractivity contribution in [2.24, 2.45) is 0 Å². The van der Waals surface area contributed by atoms with Crippen LogP contribution < -0.4 is 0 Å². The van der Waals surface area contributed by atoms with Crippen LogP contribution in [0.25, 0.3) is 0 Å². The summed E-state index contributed by atoms with van der Waals surface area (Å²) in [7, 11) is 0. The van der Waals surface area contributed by atoms with E-state index in [1.54, 1.807) is 20.8 Å². The van der Waals surface area contributed by atoms with Crippen LogP contribution in [-0.4, -0.2) is 35.2 Å². The van der Waals surface area contributed by atoms with Gasteiger partial charge in [-0.05, 0) is 41.5 Å². The highest BCUT2D eigenvalue weighted by atomic mass is 16.6. The van der Waals surface area contributed by atoms with Crippen molar-refractivity contribution in [3.8, 4) is 0 Å². The molecule has 0 aliphatic carbocycles. The monoisotopic (exact) mass is 328 g/mol. The van der Waals surface area contributed by atoms with Crippen LogP contribution in [0.3, 0.4) is 0 Å². The lowest BCUT2D eigenvalue weighted by Gasteiger charge is -2.19. The molecule has 132 valence electrons. The largest absolute Gasteiger partial charge is 0.478 e. The first kappa shape index (κ1) is 25.6. The number of esters is 2. The summed E-state index contributed by atoms with van der Waals surface area (Å²) in [6.07, 6.45) is 0.833. The lowest BCUT2D eigenvalue weighted by molar-refractivity contribution is -0.149. The fourth-order valence-corrected chi connectivity index (χ4v) is 0.620. The van der Waals surface area contributed by atoms with Gasteiger partial charge in [0.2, 0.25) is 0 Å². The van der Waals surface area contributed by atoms with Crippen molar-refractivity contribution in [2.75, 3.05) is 6.61 Å². The number of rotatable bonds is 4. The second-order valence-corrected chi connectivity index (χ2v) is 5.33. The Morgan fingerprint density at radius 3 is 1.48 bits per heavy atom. The first-order chi connectivity index (χ1) is 10.3. The third-order valence-electron chi connectivity index (χ3n) is 1.55. The number of carbonyl (C=O) groups is 3. The summed E-state index contributed by atoms with van der Waals surface area (Å²) in [5.74, 6) is -1.62. The average molecular weight is 328 g/mol. The molecule has 0 bridgehead atoms. The van der Waals surface area contributed by atoms with E-state index < -0.39 is 11.6 Å². The highest BCUT2D eigenvalue weighted by Gasteiger charge is 2.15. The van der Waals surface area contributed by atoms with Gasteiger partial charge in [-0.2, -0.15) is 0 Å². The van der Waals surface area contributed by atoms with Gasteiger partial charge in [-0.15, -0.1) is 0 Å². The molecular formula is C17H28O6. The molecule has 0 aromatic rings. The zero-order valence-corrected chi connectivity index (χ0v) is 14.9. The summed E-state index contributed by atoms with van der Waals surface area (Å²) in [5.41, 5.74) is 0.484. The molecule has 23 heavy (non-hydrogen) atoms. The molecule has 0 saturated carbocycles. The molecule has 0 aliphatic rings. The average Bonchev–Trinajstić information content (AvgIpc) is 2.38. The minimum Gasteiger partial charge on any atom is -0.478 e. The Hall–Kier alpha value is -2.37. The minimum atomic E-state index is -0.981. The van der Waals surface area contributed by atoms with Crippen molar-refractivity contribution in [2.45, 2.75) is 47.1 Å². The van der Waals surface area contributed by atoms with Crippen molar-refractivity contribution in [1.29, 1.82) is 0 Å². The summed E-state index contributed by atoms with van der Waals surface area (Å²) in [6.45, 7) is 20.7. The lowest BCUT2D eigenvalue weighted by atomic mass is 10.2. The summed E-state index contributed by atoms with van der Waals surface area (Å²) in [5, 5.41) is 7.60. The van der Waals surface area contributed by atoms with Crippen molar-refractivity contribution in [1.82, 2.24) is 0 Å². The molecule has 0 atom stereocenters. The number of aliphatic carboxylic acids is 1. The third kappa shape index (κ3) is 25.0. The van der Waals surface area contributed by atoms with E-state index in [-0.39, 0.29) is 11.9 Å². The molecule has 0 saturated heterocycles. The van der Waals surface area contributed by atoms with E-state index in [1.165, 1.54) is 0 Å². The molecule has 0 aromatic carbocycles. The maximum absolute atomic E-state index is 10.8. The van der Waals surface area contributed by atoms with Crippen LogP contribution in [0.1, 0.15) is 41.5 Å². The van der Waals surface area contributed by atoms with Gasteiger partial charge in [0, 0.05) is 17.2 Å². The Balaban J connectivity index is -0.000000276. The Morgan fingerprint density at radius 1 is 1.04 bits per heavy atom. The van der Waals surface area contributed by atoms with Gasteiger partial charge in [0.15, 0.2) is 0 Å². The first-order valence-electron chi connectivity index (χ1n) is 6.85. The molecule has 0 amide bonds. The fourth-order valence-electron chi connectivity index (χ4n) is 0.620. The van der Waals surface area contributed by atoms with E-state index in [9.17, 15) is 14.4 Å². The van der Waals surface area contributed by atoms with Crippen molar-refractivity contribution in [3.05, 3.63) is 37.0 Å². The van der Waals surface area contributed by atoms with Gasteiger partial charge in [0.05, 0.1) is 6.61 Å². The van der Waals surface area contributed by atoms with Gasteiger partial charge in [-0.1, -0.05) is 19.7 Å². The molecule has 0 aliphatic heterocycles. The summed E-state index contributed by atoms with van der Waals surface area (Å²) < 4.78 is 9.53. The van der Waals surface area contributed by atoms with Crippen LogP contribution in [-0.2, 0) is 23.9 Å². The standard InChI is InChI=1S/C8H14O2.C6H10O2.C3H4O2/c1-6(2)7(9)10-8(3,4)5;1-4-8-6(7)5(2)3;1-2-3(4)5/h1H2,2-5H3;2,4H2,1,3H3;2H,1H2,(H,4,5). The van der Waals surface area contributed by atoms with Gasteiger partial charge < -0.3 is 14.6 Å². The van der Waals surface area contributed by atoms with Crippen LogP contribution in [0.5, 0.6) is 0 Å². The molecule has 0 aromatic heterocycles. The van der Waals surface area contributed by atoms with Gasteiger partial charge in [-0.25, -0.2) is 14.4 Å². The Bertz CT molecular complexity index is 440. The normalized spacial score (nSPS) is 8.96. The van der Waals surface area contributed by atoms with Crippen LogP contribution >= 0.6 is 0 Å². The topological polar surface area (TPSA) is 89.9 Å². The molecule has 0 unspecified atom stereocenters. The van der Waals surface area contributed by atoms with Crippen LogP contribution in [0.15, 0.2) is 37.0 Å². The van der Waals surface area contributed by atoms with E-state index in [4.69, 9.17) is 9.84 Å². The molecule has 6 nitrogen and oxygen atoms in total. The van der Waals surface area contributed by atoms with Gasteiger partial charge in [-0.3, -0.25) is 0 Å². The van der Waals surface area contributed by atoms with E-state index in [2.05, 4.69) is 24.5 Å². The number of carboxylic acid groups (broad SMARTS) is 1. The van der Waals surface area contributed by atoms with E-state index in [0.717, 1.165) is 6.08 Å². The van der Waals surface area contributed by atoms with Gasteiger partial charge >= 0.3 is 17.9 Å². The Labute approximate surface area is 138 Å². The van der Waals surface area contributed by atoms with Crippen molar-refractivity contribution < 1.29 is 29.0 Å². The molecule has 0 fully saturated rings. The summed E-state index contributed by atoms with van der Waals surface area (Å²) in [6, 6.07) is 0. The molecule has 1 N–H and O–H groups in total.